The van der Waals surface area contributed by atoms with E-state index >= 15 is 0 Å². The minimum absolute atomic E-state index is 0.0766. The number of aliphatic hydroxyl groups excluding tert-OH is 2. The second-order valence-electron chi connectivity index (χ2n) is 24.6. The van der Waals surface area contributed by atoms with E-state index in [0.717, 1.165) is 90.8 Å². The van der Waals surface area contributed by atoms with E-state index in [1.165, 1.54) is 109 Å². The third kappa shape index (κ3) is 8.17. The molecule has 0 aromatic rings. The van der Waals surface area contributed by atoms with E-state index in [0.29, 0.717) is 33.5 Å². The number of fused-ring (bicyclic) bond motifs is 10. The van der Waals surface area contributed by atoms with Gasteiger partial charge < -0.3 is 10.2 Å². The molecule has 6 saturated carbocycles. The summed E-state index contributed by atoms with van der Waals surface area (Å²) in [5.41, 5.74) is 5.10. The Hall–Kier alpha value is -1.04. The third-order valence-corrected chi connectivity index (χ3v) is 21.1. The summed E-state index contributed by atoms with van der Waals surface area (Å²) < 4.78 is 0. The molecule has 2 N–H and O–H groups in total. The van der Waals surface area contributed by atoms with Crippen molar-refractivity contribution in [3.63, 3.8) is 0 Å². The predicted octanol–water partition coefficient (Wildman–Crippen LogP) is 14.6. The zero-order chi connectivity index (χ0) is 41.8. The van der Waals surface area contributed by atoms with E-state index in [2.05, 4.69) is 87.3 Å². The Morgan fingerprint density at radius 2 is 1.05 bits per heavy atom. The van der Waals surface area contributed by atoms with Gasteiger partial charge in [0.1, 0.15) is 0 Å². The lowest BCUT2D eigenvalue weighted by atomic mass is 9.47. The van der Waals surface area contributed by atoms with Crippen LogP contribution in [0.25, 0.3) is 0 Å². The molecule has 6 fully saturated rings. The smallest absolute Gasteiger partial charge is 0.0577 e. The molecule has 8 aliphatic rings. The molecule has 2 nitrogen and oxygen atoms in total. The lowest BCUT2D eigenvalue weighted by Crippen LogP contribution is -2.50. The van der Waals surface area contributed by atoms with Gasteiger partial charge in [-0.1, -0.05) is 112 Å². The maximum Gasteiger partial charge on any atom is 0.0577 e. The summed E-state index contributed by atoms with van der Waals surface area (Å²) in [5.74, 6) is 13.9. The molecule has 17 unspecified atom stereocenters. The lowest BCUT2D eigenvalue weighted by molar-refractivity contribution is -0.0574. The summed E-state index contributed by atoms with van der Waals surface area (Å²) >= 11 is 0. The van der Waals surface area contributed by atoms with E-state index in [9.17, 15) is 10.2 Å². The zero-order valence-corrected chi connectivity index (χ0v) is 39.6. The van der Waals surface area contributed by atoms with E-state index in [1.54, 1.807) is 11.1 Å². The normalized spacial score (nSPS) is 45.7. The molecule has 0 aromatic heterocycles. The summed E-state index contributed by atoms with van der Waals surface area (Å²) in [6.07, 6.45) is 38.1. The second kappa shape index (κ2) is 17.6. The molecule has 0 saturated heterocycles. The van der Waals surface area contributed by atoms with Crippen molar-refractivity contribution >= 4 is 0 Å². The van der Waals surface area contributed by atoms with Crippen molar-refractivity contribution in [1.29, 1.82) is 0 Å². The Labute approximate surface area is 359 Å². The fourth-order valence-electron chi connectivity index (χ4n) is 17.5. The van der Waals surface area contributed by atoms with Crippen LogP contribution in [-0.2, 0) is 0 Å². The van der Waals surface area contributed by atoms with E-state index < -0.39 is 0 Å². The van der Waals surface area contributed by atoms with Crippen LogP contribution in [0, 0.1) is 111 Å². The standard InChI is InChI=1S/C29H46O.C27H46O/c1-7-21(19(2)3)9-8-20(4)25-12-13-26-24-11-10-22-18-23(30)14-16-28(22,5)27(24)15-17-29(25,26)6;1-18(2)7-6-8-19(3)23-11-12-24-22-10-9-20-17-21(28)13-15-26(20,4)25(22)14-16-27(23,24)5/h1,10,19-21,23-27,30H,8-9,11-18H2,2-6H3;9,18-19,21-25,28H,6-8,10-17H2,1-5H3. The van der Waals surface area contributed by atoms with E-state index in [1.807, 2.05) is 0 Å². The number of allylic oxidation sites excluding steroid dienone is 2. The molecule has 0 bridgehead atoms. The number of terminal acetylenes is 1. The number of hydrogen-bond donors (Lipinski definition) is 2. The highest BCUT2D eigenvalue weighted by atomic mass is 16.3. The summed E-state index contributed by atoms with van der Waals surface area (Å²) in [7, 11) is 0. The van der Waals surface area contributed by atoms with Crippen LogP contribution in [0.1, 0.15) is 204 Å². The average molecular weight is 797 g/mol. The Kier molecular flexibility index (Phi) is 13.7. The molecular weight excluding hydrogens is 705 g/mol. The molecule has 0 heterocycles. The summed E-state index contributed by atoms with van der Waals surface area (Å²) in [4.78, 5) is 0. The monoisotopic (exact) mass is 797 g/mol. The first-order valence-electron chi connectivity index (χ1n) is 25.7. The quantitative estimate of drug-likeness (QED) is 0.171. The van der Waals surface area contributed by atoms with Gasteiger partial charge >= 0.3 is 0 Å². The molecule has 0 aliphatic heterocycles. The minimum atomic E-state index is -0.0934. The highest BCUT2D eigenvalue weighted by molar-refractivity contribution is 5.27. The Bertz CT molecular complexity index is 1510. The van der Waals surface area contributed by atoms with Gasteiger partial charge in [0.15, 0.2) is 0 Å². The molecule has 8 rings (SSSR count). The molecule has 58 heavy (non-hydrogen) atoms. The molecule has 2 heteroatoms. The molecule has 0 radical (unpaired) electrons. The van der Waals surface area contributed by atoms with Gasteiger partial charge in [-0.25, -0.2) is 0 Å². The van der Waals surface area contributed by atoms with Crippen LogP contribution in [0.3, 0.4) is 0 Å². The number of rotatable bonds is 10. The molecule has 328 valence electrons. The largest absolute Gasteiger partial charge is 0.393 e. The molecule has 0 aromatic carbocycles. The molecular formula is C56H92O2. The maximum atomic E-state index is 10.2. The average Bonchev–Trinajstić information content (AvgIpc) is 3.72. The van der Waals surface area contributed by atoms with Crippen LogP contribution < -0.4 is 0 Å². The van der Waals surface area contributed by atoms with Crippen molar-refractivity contribution in [3.8, 4) is 12.3 Å². The van der Waals surface area contributed by atoms with E-state index in [4.69, 9.17) is 6.42 Å². The van der Waals surface area contributed by atoms with Crippen molar-refractivity contribution in [2.45, 2.75) is 216 Å². The molecule has 8 aliphatic carbocycles. The van der Waals surface area contributed by atoms with Gasteiger partial charge in [0.05, 0.1) is 12.2 Å². The van der Waals surface area contributed by atoms with Crippen molar-refractivity contribution < 1.29 is 10.2 Å². The van der Waals surface area contributed by atoms with Gasteiger partial charge in [0.25, 0.3) is 0 Å². The van der Waals surface area contributed by atoms with Gasteiger partial charge in [0.2, 0.25) is 0 Å². The van der Waals surface area contributed by atoms with Gasteiger partial charge in [-0.2, -0.15) is 0 Å². The van der Waals surface area contributed by atoms with Gasteiger partial charge in [0, 0.05) is 5.92 Å². The van der Waals surface area contributed by atoms with Crippen LogP contribution in [0.5, 0.6) is 0 Å². The highest BCUT2D eigenvalue weighted by Crippen LogP contribution is 2.69. The van der Waals surface area contributed by atoms with Crippen LogP contribution in [0.15, 0.2) is 23.3 Å². The first-order chi connectivity index (χ1) is 27.5. The van der Waals surface area contributed by atoms with Crippen molar-refractivity contribution in [2.75, 3.05) is 0 Å². The van der Waals surface area contributed by atoms with Gasteiger partial charge in [-0.05, 0) is 208 Å². The Morgan fingerprint density at radius 1 is 0.586 bits per heavy atom. The first-order valence-corrected chi connectivity index (χ1v) is 25.7. The lowest BCUT2D eigenvalue weighted by Gasteiger charge is -2.58. The SMILES string of the molecule is C#CC(CCC(C)C1CCC2C3CC=C4CC(O)CCC4(C)C3CCC12C)C(C)C.CC(C)CCCC(C)C1CCC2C3CC=C4CC(O)CCC4(C)C3CCC12C. The van der Waals surface area contributed by atoms with Crippen LogP contribution in [-0.4, -0.2) is 22.4 Å². The van der Waals surface area contributed by atoms with Crippen LogP contribution in [0.4, 0.5) is 0 Å². The fraction of sp³-hybridized carbons (Fsp3) is 0.893. The van der Waals surface area contributed by atoms with Crippen LogP contribution in [0.2, 0.25) is 0 Å². The Balaban J connectivity index is 0.000000177. The van der Waals surface area contributed by atoms with E-state index in [-0.39, 0.29) is 12.2 Å². The number of hydrogen-bond acceptors (Lipinski definition) is 2. The molecule has 0 amide bonds. The second-order valence-corrected chi connectivity index (χ2v) is 24.6. The molecule has 17 atom stereocenters. The molecule has 0 spiro atoms. The highest BCUT2D eigenvalue weighted by Gasteiger charge is 2.60. The first kappa shape index (κ1) is 45.0. The number of aliphatic hydroxyl groups is 2. The van der Waals surface area contributed by atoms with Gasteiger partial charge in [-0.3, -0.25) is 0 Å². The minimum Gasteiger partial charge on any atom is -0.393 e. The van der Waals surface area contributed by atoms with Crippen molar-refractivity contribution in [3.05, 3.63) is 23.3 Å². The zero-order valence-electron chi connectivity index (χ0n) is 39.6. The topological polar surface area (TPSA) is 40.5 Å². The summed E-state index contributed by atoms with van der Waals surface area (Å²) in [6.45, 7) is 24.9. The third-order valence-electron chi connectivity index (χ3n) is 21.1. The maximum absolute atomic E-state index is 10.2. The summed E-state index contributed by atoms with van der Waals surface area (Å²) in [6, 6.07) is 0. The van der Waals surface area contributed by atoms with Crippen molar-refractivity contribution in [2.24, 2.45) is 98.6 Å². The van der Waals surface area contributed by atoms with Gasteiger partial charge in [-0.15, -0.1) is 12.3 Å². The van der Waals surface area contributed by atoms with Crippen LogP contribution >= 0.6 is 0 Å². The Morgan fingerprint density at radius 3 is 1.48 bits per heavy atom. The fourth-order valence-corrected chi connectivity index (χ4v) is 17.5. The summed E-state index contributed by atoms with van der Waals surface area (Å²) in [5, 5.41) is 20.4. The van der Waals surface area contributed by atoms with Crippen molar-refractivity contribution in [1.82, 2.24) is 0 Å². The predicted molar refractivity (Wildman–Crippen MR) is 246 cm³/mol.